The second-order valence-corrected chi connectivity index (χ2v) is 6.14. The molecule has 8 nitrogen and oxygen atoms in total. The number of nitrogens with zero attached hydrogens (tertiary/aromatic N) is 6. The Morgan fingerprint density at radius 1 is 1.19 bits per heavy atom. The van der Waals surface area contributed by atoms with E-state index in [0.717, 1.165) is 50.3 Å². The third-order valence-electron chi connectivity index (χ3n) is 4.53. The first-order valence-corrected chi connectivity index (χ1v) is 8.96. The molecule has 0 atom stereocenters. The second-order valence-electron chi connectivity index (χ2n) is 6.14. The summed E-state index contributed by atoms with van der Waals surface area (Å²) >= 11 is 0. The summed E-state index contributed by atoms with van der Waals surface area (Å²) in [5.41, 5.74) is 1.23. The fraction of sp³-hybridized carbons (Fsp3) is 0.500. The van der Waals surface area contributed by atoms with E-state index in [-0.39, 0.29) is 24.0 Å². The third kappa shape index (κ3) is 5.47. The van der Waals surface area contributed by atoms with E-state index in [9.17, 15) is 0 Å². The van der Waals surface area contributed by atoms with E-state index in [1.165, 1.54) is 5.69 Å². The number of aryl methyl sites for hydroxylation is 1. The average Bonchev–Trinajstić information content (AvgIpc) is 3.10. The number of nitrogens with one attached hydrogen (secondary N) is 1. The molecular weight excluding hydrogens is 457 g/mol. The molecule has 9 heteroatoms. The Labute approximate surface area is 177 Å². The molecule has 1 aliphatic rings. The highest BCUT2D eigenvalue weighted by molar-refractivity contribution is 14.0. The Bertz CT molecular complexity index is 724. The van der Waals surface area contributed by atoms with Crippen LogP contribution in [0.25, 0.3) is 0 Å². The third-order valence-corrected chi connectivity index (χ3v) is 4.53. The SMILES string of the molecule is CCNC(=NCc1ncnn1C)N1CCN(c2ccc(OC)cc2)CC1.I. The largest absolute Gasteiger partial charge is 0.497 e. The van der Waals surface area contributed by atoms with E-state index in [2.05, 4.69) is 44.3 Å². The van der Waals surface area contributed by atoms with Gasteiger partial charge in [-0.2, -0.15) is 5.10 Å². The van der Waals surface area contributed by atoms with Crippen LogP contribution in [0.15, 0.2) is 35.6 Å². The van der Waals surface area contributed by atoms with Gasteiger partial charge in [0.1, 0.15) is 24.4 Å². The Kier molecular flexibility index (Phi) is 8.14. The summed E-state index contributed by atoms with van der Waals surface area (Å²) < 4.78 is 6.99. The normalized spacial score (nSPS) is 14.7. The monoisotopic (exact) mass is 485 g/mol. The van der Waals surface area contributed by atoms with Crippen LogP contribution < -0.4 is 15.0 Å². The molecule has 0 amide bonds. The molecule has 1 fully saturated rings. The zero-order valence-electron chi connectivity index (χ0n) is 16.1. The van der Waals surface area contributed by atoms with Gasteiger partial charge in [-0.1, -0.05) is 0 Å². The van der Waals surface area contributed by atoms with Crippen molar-refractivity contribution in [2.45, 2.75) is 13.5 Å². The highest BCUT2D eigenvalue weighted by Crippen LogP contribution is 2.20. The second kappa shape index (κ2) is 10.3. The number of halogens is 1. The smallest absolute Gasteiger partial charge is 0.194 e. The molecular formula is C18H28IN7O. The lowest BCUT2D eigenvalue weighted by molar-refractivity contribution is 0.372. The highest BCUT2D eigenvalue weighted by atomic mass is 127. The van der Waals surface area contributed by atoms with Gasteiger partial charge in [0.15, 0.2) is 5.96 Å². The maximum absolute atomic E-state index is 5.24. The zero-order chi connectivity index (χ0) is 18.4. The number of ether oxygens (including phenoxy) is 1. The maximum atomic E-state index is 5.24. The number of rotatable bonds is 5. The topological polar surface area (TPSA) is 70.8 Å². The molecule has 148 valence electrons. The lowest BCUT2D eigenvalue weighted by Gasteiger charge is -2.37. The number of methoxy groups -OCH3 is 1. The minimum absolute atomic E-state index is 0. The molecule has 1 aromatic carbocycles. The van der Waals surface area contributed by atoms with Crippen molar-refractivity contribution in [2.75, 3.05) is 44.7 Å². The Balaban J connectivity index is 0.00000261. The van der Waals surface area contributed by atoms with Gasteiger partial charge in [0, 0.05) is 45.5 Å². The number of hydrogen-bond acceptors (Lipinski definition) is 5. The van der Waals surface area contributed by atoms with Crippen LogP contribution in [-0.4, -0.2) is 65.5 Å². The van der Waals surface area contributed by atoms with E-state index in [0.29, 0.717) is 6.54 Å². The molecule has 0 unspecified atom stereocenters. The lowest BCUT2D eigenvalue weighted by Crippen LogP contribution is -2.52. The fourth-order valence-corrected chi connectivity index (χ4v) is 3.00. The summed E-state index contributed by atoms with van der Waals surface area (Å²) in [6.45, 7) is 7.23. The Morgan fingerprint density at radius 2 is 1.89 bits per heavy atom. The van der Waals surface area contributed by atoms with Crippen LogP contribution in [0.2, 0.25) is 0 Å². The first-order valence-electron chi connectivity index (χ1n) is 8.96. The molecule has 0 radical (unpaired) electrons. The van der Waals surface area contributed by atoms with Crippen molar-refractivity contribution in [1.29, 1.82) is 0 Å². The van der Waals surface area contributed by atoms with Crippen molar-refractivity contribution in [1.82, 2.24) is 25.0 Å². The van der Waals surface area contributed by atoms with Crippen molar-refractivity contribution >= 4 is 35.6 Å². The molecule has 2 heterocycles. The summed E-state index contributed by atoms with van der Waals surface area (Å²) in [6.07, 6.45) is 1.56. The van der Waals surface area contributed by atoms with Crippen LogP contribution in [0.5, 0.6) is 5.75 Å². The predicted octanol–water partition coefficient (Wildman–Crippen LogP) is 1.73. The van der Waals surface area contributed by atoms with Gasteiger partial charge in [-0.15, -0.1) is 24.0 Å². The van der Waals surface area contributed by atoms with Gasteiger partial charge < -0.3 is 19.9 Å². The van der Waals surface area contributed by atoms with E-state index in [4.69, 9.17) is 9.73 Å². The molecule has 2 aromatic rings. The molecule has 0 saturated carbocycles. The number of anilines is 1. The summed E-state index contributed by atoms with van der Waals surface area (Å²) in [5.74, 6) is 2.68. The molecule has 27 heavy (non-hydrogen) atoms. The van der Waals surface area contributed by atoms with Crippen LogP contribution >= 0.6 is 24.0 Å². The number of aromatic nitrogens is 3. The molecule has 0 bridgehead atoms. The van der Waals surface area contributed by atoms with Gasteiger partial charge in [0.05, 0.1) is 7.11 Å². The van der Waals surface area contributed by atoms with Gasteiger partial charge in [0.25, 0.3) is 0 Å². The average molecular weight is 485 g/mol. The maximum Gasteiger partial charge on any atom is 0.194 e. The quantitative estimate of drug-likeness (QED) is 0.395. The van der Waals surface area contributed by atoms with Gasteiger partial charge >= 0.3 is 0 Å². The number of aliphatic imine (C=N–C) groups is 1. The summed E-state index contributed by atoms with van der Waals surface area (Å²) in [7, 11) is 3.58. The van der Waals surface area contributed by atoms with Crippen molar-refractivity contribution in [2.24, 2.45) is 12.0 Å². The molecule has 1 aliphatic heterocycles. The molecule has 0 spiro atoms. The van der Waals surface area contributed by atoms with Gasteiger partial charge in [-0.25, -0.2) is 9.98 Å². The lowest BCUT2D eigenvalue weighted by atomic mass is 10.2. The molecule has 1 aromatic heterocycles. The van der Waals surface area contributed by atoms with Crippen LogP contribution in [-0.2, 0) is 13.6 Å². The van der Waals surface area contributed by atoms with Crippen molar-refractivity contribution in [3.63, 3.8) is 0 Å². The van der Waals surface area contributed by atoms with E-state index >= 15 is 0 Å². The summed E-state index contributed by atoms with van der Waals surface area (Å²) in [5, 5.41) is 7.48. The Hall–Kier alpha value is -2.04. The number of guanidine groups is 1. The van der Waals surface area contributed by atoms with E-state index in [1.807, 2.05) is 19.2 Å². The van der Waals surface area contributed by atoms with Crippen molar-refractivity contribution in [3.05, 3.63) is 36.4 Å². The molecule has 1 N–H and O–H groups in total. The van der Waals surface area contributed by atoms with Gasteiger partial charge in [-0.05, 0) is 31.2 Å². The first kappa shape index (κ1) is 21.3. The zero-order valence-corrected chi connectivity index (χ0v) is 18.5. The summed E-state index contributed by atoms with van der Waals surface area (Å²) in [4.78, 5) is 13.7. The highest BCUT2D eigenvalue weighted by Gasteiger charge is 2.20. The van der Waals surface area contributed by atoms with Crippen LogP contribution in [0.3, 0.4) is 0 Å². The number of hydrogen-bond donors (Lipinski definition) is 1. The molecule has 0 aliphatic carbocycles. The van der Waals surface area contributed by atoms with Gasteiger partial charge in [-0.3, -0.25) is 4.68 Å². The Morgan fingerprint density at radius 3 is 2.44 bits per heavy atom. The van der Waals surface area contributed by atoms with E-state index in [1.54, 1.807) is 18.1 Å². The fourth-order valence-electron chi connectivity index (χ4n) is 3.00. The minimum Gasteiger partial charge on any atom is -0.497 e. The first-order chi connectivity index (χ1) is 12.7. The van der Waals surface area contributed by atoms with Crippen molar-refractivity contribution < 1.29 is 4.74 Å². The van der Waals surface area contributed by atoms with Crippen LogP contribution in [0.4, 0.5) is 5.69 Å². The molecule has 1 saturated heterocycles. The standard InChI is InChI=1S/C18H27N7O.HI/c1-4-19-18(20-13-17-21-14-22-23(17)2)25-11-9-24(10-12-25)15-5-7-16(26-3)8-6-15;/h5-8,14H,4,9-13H2,1-3H3,(H,19,20);1H. The van der Waals surface area contributed by atoms with E-state index < -0.39 is 0 Å². The van der Waals surface area contributed by atoms with Crippen LogP contribution in [0, 0.1) is 0 Å². The number of piperazine rings is 1. The summed E-state index contributed by atoms with van der Waals surface area (Å²) in [6, 6.07) is 8.24. The van der Waals surface area contributed by atoms with Gasteiger partial charge in [0.2, 0.25) is 0 Å². The molecule has 3 rings (SSSR count). The number of benzene rings is 1. The minimum atomic E-state index is 0. The van der Waals surface area contributed by atoms with Crippen molar-refractivity contribution in [3.8, 4) is 5.75 Å². The van der Waals surface area contributed by atoms with Crippen LogP contribution in [0.1, 0.15) is 12.7 Å². The predicted molar refractivity (Wildman–Crippen MR) is 118 cm³/mol.